The minimum absolute atomic E-state index is 0.132. The first-order valence-corrected chi connectivity index (χ1v) is 6.32. The van der Waals surface area contributed by atoms with Gasteiger partial charge in [0.2, 0.25) is 0 Å². The van der Waals surface area contributed by atoms with E-state index in [1.54, 1.807) is 0 Å². The number of ether oxygens (including phenoxy) is 1. The van der Waals surface area contributed by atoms with E-state index in [0.717, 1.165) is 28.4 Å². The van der Waals surface area contributed by atoms with E-state index in [1.165, 1.54) is 0 Å². The van der Waals surface area contributed by atoms with Gasteiger partial charge in [-0.2, -0.15) is 0 Å². The lowest BCUT2D eigenvalue weighted by Gasteiger charge is -2.21. The summed E-state index contributed by atoms with van der Waals surface area (Å²) in [6.45, 7) is 12.0. The first-order valence-electron chi connectivity index (χ1n) is 5.94. The molecule has 0 saturated carbocycles. The van der Waals surface area contributed by atoms with Crippen molar-refractivity contribution in [2.24, 2.45) is 0 Å². The molecule has 0 aliphatic carbocycles. The van der Waals surface area contributed by atoms with E-state index in [0.29, 0.717) is 6.61 Å². The number of rotatable bonds is 4. The van der Waals surface area contributed by atoms with Gasteiger partial charge < -0.3 is 10.1 Å². The smallest absolute Gasteiger partial charge is 0.125 e. The van der Waals surface area contributed by atoms with Crippen LogP contribution < -0.4 is 10.1 Å². The van der Waals surface area contributed by atoms with Gasteiger partial charge in [-0.05, 0) is 57.9 Å². The normalized spacial score (nSPS) is 11.6. The van der Waals surface area contributed by atoms with Crippen LogP contribution in [0.3, 0.4) is 0 Å². The average Bonchev–Trinajstić information content (AvgIpc) is 2.13. The van der Waals surface area contributed by atoms with Gasteiger partial charge >= 0.3 is 0 Å². The second kappa shape index (κ2) is 5.74. The summed E-state index contributed by atoms with van der Waals surface area (Å²) in [6, 6.07) is 3.86. The van der Waals surface area contributed by atoms with Gasteiger partial charge in [0.05, 0.1) is 0 Å². The van der Waals surface area contributed by atoms with Crippen molar-refractivity contribution in [1.29, 1.82) is 0 Å². The third kappa shape index (κ3) is 4.97. The molecule has 1 aromatic rings. The third-order valence-electron chi connectivity index (χ3n) is 2.43. The van der Waals surface area contributed by atoms with Crippen LogP contribution in [0.25, 0.3) is 0 Å². The van der Waals surface area contributed by atoms with Crippen LogP contribution in [0.1, 0.15) is 31.9 Å². The molecule has 0 aromatic heterocycles. The molecule has 1 rings (SSSR count). The predicted molar refractivity (Wildman–Crippen MR) is 74.2 cm³/mol. The maximum Gasteiger partial charge on any atom is 0.125 e. The van der Waals surface area contributed by atoms with Crippen molar-refractivity contribution >= 4 is 11.6 Å². The molecule has 0 aliphatic heterocycles. The molecule has 0 fully saturated rings. The largest absolute Gasteiger partial charge is 0.492 e. The van der Waals surface area contributed by atoms with Crippen LogP contribution in [-0.2, 0) is 0 Å². The molecule has 0 spiro atoms. The standard InChI is InChI=1S/C14H22ClNO/c1-10-8-12(15)9-11(2)13(10)17-7-6-16-14(3,4)5/h8-9,16H,6-7H2,1-5H3. The van der Waals surface area contributed by atoms with E-state index in [1.807, 2.05) is 26.0 Å². The summed E-state index contributed by atoms with van der Waals surface area (Å²) in [5, 5.41) is 4.16. The van der Waals surface area contributed by atoms with Crippen LogP contribution >= 0.6 is 11.6 Å². The Hall–Kier alpha value is -0.730. The van der Waals surface area contributed by atoms with Crippen molar-refractivity contribution in [2.75, 3.05) is 13.2 Å². The van der Waals surface area contributed by atoms with E-state index in [2.05, 4.69) is 26.1 Å². The molecule has 1 N–H and O–H groups in total. The van der Waals surface area contributed by atoms with E-state index in [4.69, 9.17) is 16.3 Å². The van der Waals surface area contributed by atoms with Crippen molar-refractivity contribution < 1.29 is 4.74 Å². The predicted octanol–water partition coefficient (Wildman–Crippen LogP) is 3.72. The van der Waals surface area contributed by atoms with Gasteiger partial charge in [0.25, 0.3) is 0 Å². The summed E-state index contributed by atoms with van der Waals surface area (Å²) in [6.07, 6.45) is 0. The highest BCUT2D eigenvalue weighted by Crippen LogP contribution is 2.26. The fourth-order valence-corrected chi connectivity index (χ4v) is 2.03. The van der Waals surface area contributed by atoms with Crippen LogP contribution in [0.2, 0.25) is 5.02 Å². The van der Waals surface area contributed by atoms with Gasteiger partial charge in [-0.1, -0.05) is 11.6 Å². The molecule has 2 nitrogen and oxygen atoms in total. The first kappa shape index (κ1) is 14.3. The molecule has 0 unspecified atom stereocenters. The Balaban J connectivity index is 2.53. The highest BCUT2D eigenvalue weighted by molar-refractivity contribution is 6.30. The van der Waals surface area contributed by atoms with Crippen molar-refractivity contribution in [1.82, 2.24) is 5.32 Å². The Labute approximate surface area is 109 Å². The second-order valence-corrected chi connectivity index (χ2v) is 5.83. The molecule has 0 heterocycles. The van der Waals surface area contributed by atoms with E-state index >= 15 is 0 Å². The minimum atomic E-state index is 0.132. The zero-order valence-electron chi connectivity index (χ0n) is 11.4. The second-order valence-electron chi connectivity index (χ2n) is 5.39. The Morgan fingerprint density at radius 2 is 1.71 bits per heavy atom. The number of hydrogen-bond acceptors (Lipinski definition) is 2. The molecule has 0 amide bonds. The summed E-state index contributed by atoms with van der Waals surface area (Å²) in [5.41, 5.74) is 2.31. The van der Waals surface area contributed by atoms with E-state index in [-0.39, 0.29) is 5.54 Å². The van der Waals surface area contributed by atoms with Gasteiger partial charge in [0.15, 0.2) is 0 Å². The molecule has 0 radical (unpaired) electrons. The first-order chi connectivity index (χ1) is 7.79. The number of aryl methyl sites for hydroxylation is 2. The van der Waals surface area contributed by atoms with Gasteiger partial charge in [0, 0.05) is 17.1 Å². The molecule has 17 heavy (non-hydrogen) atoms. The molecule has 0 aliphatic rings. The summed E-state index contributed by atoms with van der Waals surface area (Å²) in [5.74, 6) is 0.949. The minimum Gasteiger partial charge on any atom is -0.492 e. The van der Waals surface area contributed by atoms with Crippen molar-refractivity contribution in [2.45, 2.75) is 40.2 Å². The molecule has 1 aromatic carbocycles. The average molecular weight is 256 g/mol. The summed E-state index contributed by atoms with van der Waals surface area (Å²) in [4.78, 5) is 0. The van der Waals surface area contributed by atoms with Gasteiger partial charge in [-0.15, -0.1) is 0 Å². The highest BCUT2D eigenvalue weighted by atomic mass is 35.5. The number of nitrogens with one attached hydrogen (secondary N) is 1. The fraction of sp³-hybridized carbons (Fsp3) is 0.571. The Morgan fingerprint density at radius 3 is 2.18 bits per heavy atom. The number of halogens is 1. The van der Waals surface area contributed by atoms with Crippen molar-refractivity contribution in [3.63, 3.8) is 0 Å². The SMILES string of the molecule is Cc1cc(Cl)cc(C)c1OCCNC(C)(C)C. The fourth-order valence-electron chi connectivity index (χ4n) is 1.70. The van der Waals surface area contributed by atoms with E-state index < -0.39 is 0 Å². The summed E-state index contributed by atoms with van der Waals surface area (Å²) in [7, 11) is 0. The van der Waals surface area contributed by atoms with Gasteiger partial charge in [-0.3, -0.25) is 0 Å². The number of benzene rings is 1. The molecule has 0 bridgehead atoms. The van der Waals surface area contributed by atoms with Crippen LogP contribution in [0.5, 0.6) is 5.75 Å². The molecule has 96 valence electrons. The van der Waals surface area contributed by atoms with Crippen LogP contribution in [0.4, 0.5) is 0 Å². The molecular formula is C14H22ClNO. The zero-order chi connectivity index (χ0) is 13.1. The summed E-state index contributed by atoms with van der Waals surface area (Å²) < 4.78 is 5.80. The van der Waals surface area contributed by atoms with Crippen molar-refractivity contribution in [3.05, 3.63) is 28.3 Å². The molecule has 3 heteroatoms. The summed E-state index contributed by atoms with van der Waals surface area (Å²) >= 11 is 5.98. The lowest BCUT2D eigenvalue weighted by molar-refractivity contribution is 0.288. The van der Waals surface area contributed by atoms with Gasteiger partial charge in [0.1, 0.15) is 12.4 Å². The Morgan fingerprint density at radius 1 is 1.18 bits per heavy atom. The molecule has 0 saturated heterocycles. The monoisotopic (exact) mass is 255 g/mol. The lowest BCUT2D eigenvalue weighted by atomic mass is 10.1. The maximum absolute atomic E-state index is 5.98. The topological polar surface area (TPSA) is 21.3 Å². The van der Waals surface area contributed by atoms with Crippen molar-refractivity contribution in [3.8, 4) is 5.75 Å². The Bertz CT molecular complexity index is 359. The highest BCUT2D eigenvalue weighted by Gasteiger charge is 2.09. The lowest BCUT2D eigenvalue weighted by Crippen LogP contribution is -2.38. The Kier molecular flexibility index (Phi) is 4.84. The van der Waals surface area contributed by atoms with Crippen LogP contribution in [-0.4, -0.2) is 18.7 Å². The maximum atomic E-state index is 5.98. The van der Waals surface area contributed by atoms with Gasteiger partial charge in [-0.25, -0.2) is 0 Å². The molecular weight excluding hydrogens is 234 g/mol. The molecule has 0 atom stereocenters. The van der Waals surface area contributed by atoms with E-state index in [9.17, 15) is 0 Å². The zero-order valence-corrected chi connectivity index (χ0v) is 12.1. The quantitative estimate of drug-likeness (QED) is 0.828. The number of hydrogen-bond donors (Lipinski definition) is 1. The van der Waals surface area contributed by atoms with Crippen LogP contribution in [0, 0.1) is 13.8 Å². The van der Waals surface area contributed by atoms with Crippen LogP contribution in [0.15, 0.2) is 12.1 Å². The third-order valence-corrected chi connectivity index (χ3v) is 2.65.